The normalized spacial score (nSPS) is 14.6. The van der Waals surface area contributed by atoms with E-state index in [2.05, 4.69) is 49.2 Å². The third-order valence-electron chi connectivity index (χ3n) is 5.05. The zero-order valence-corrected chi connectivity index (χ0v) is 15.4. The van der Waals surface area contributed by atoms with E-state index in [9.17, 15) is 4.79 Å². The zero-order valence-electron chi connectivity index (χ0n) is 15.4. The van der Waals surface area contributed by atoms with E-state index in [1.807, 2.05) is 18.7 Å². The number of nitrogens with one attached hydrogen (secondary N) is 1. The van der Waals surface area contributed by atoms with Crippen LogP contribution in [0, 0.1) is 13.8 Å². The molecule has 0 fully saturated rings. The Morgan fingerprint density at radius 3 is 2.62 bits per heavy atom. The maximum absolute atomic E-state index is 12.7. The maximum atomic E-state index is 12.7. The summed E-state index contributed by atoms with van der Waals surface area (Å²) in [6, 6.07) is 6.75. The lowest BCUT2D eigenvalue weighted by atomic mass is 9.84. The number of hydrogen-bond acceptors (Lipinski definition) is 2. The summed E-state index contributed by atoms with van der Waals surface area (Å²) in [6.07, 6.45) is 1.37. The third-order valence-corrected chi connectivity index (χ3v) is 5.05. The second-order valence-electron chi connectivity index (χ2n) is 7.89. The molecule has 1 N–H and O–H groups in total. The average molecular weight is 325 g/mol. The quantitative estimate of drug-likeness (QED) is 0.919. The molecule has 0 saturated carbocycles. The first-order valence-corrected chi connectivity index (χ1v) is 8.66. The smallest absolute Gasteiger partial charge is 0.227 e. The summed E-state index contributed by atoms with van der Waals surface area (Å²) in [4.78, 5) is 14.7. The van der Waals surface area contributed by atoms with Crippen LogP contribution in [0.3, 0.4) is 0 Å². The van der Waals surface area contributed by atoms with Crippen LogP contribution in [0.5, 0.6) is 0 Å². The van der Waals surface area contributed by atoms with Crippen LogP contribution in [-0.4, -0.2) is 27.5 Å². The summed E-state index contributed by atoms with van der Waals surface area (Å²) in [5, 5.41) is 7.16. The molecule has 1 aliphatic heterocycles. The molecule has 1 aliphatic rings. The molecule has 0 bridgehead atoms. The Labute approximate surface area is 144 Å². The van der Waals surface area contributed by atoms with E-state index in [0.717, 1.165) is 29.9 Å². The molecule has 2 aromatic rings. The second-order valence-corrected chi connectivity index (χ2v) is 7.89. The predicted octanol–water partition coefficient (Wildman–Crippen LogP) is 3.45. The van der Waals surface area contributed by atoms with Crippen molar-refractivity contribution in [3.63, 3.8) is 0 Å². The van der Waals surface area contributed by atoms with Crippen LogP contribution in [0.4, 0.5) is 0 Å². The molecule has 2 heterocycles. The standard InChI is InChI=1S/C20H27N3O/c1-13-18(14(2)22-21-13)11-19(24)23-9-8-15-6-7-17(20(3,4)5)10-16(15)12-23/h6-7,10H,8-9,11-12H2,1-5H3,(H,21,22). The van der Waals surface area contributed by atoms with Gasteiger partial charge in [0, 0.05) is 24.3 Å². The topological polar surface area (TPSA) is 49.0 Å². The number of rotatable bonds is 2. The highest BCUT2D eigenvalue weighted by Crippen LogP contribution is 2.28. The van der Waals surface area contributed by atoms with Crippen LogP contribution in [0.15, 0.2) is 18.2 Å². The van der Waals surface area contributed by atoms with Crippen molar-refractivity contribution >= 4 is 5.91 Å². The molecule has 1 aromatic carbocycles. The fourth-order valence-corrected chi connectivity index (χ4v) is 3.33. The van der Waals surface area contributed by atoms with E-state index in [-0.39, 0.29) is 11.3 Å². The summed E-state index contributed by atoms with van der Waals surface area (Å²) in [6.45, 7) is 12.1. The van der Waals surface area contributed by atoms with Crippen molar-refractivity contribution in [2.75, 3.05) is 6.54 Å². The molecular weight excluding hydrogens is 298 g/mol. The number of nitrogens with zero attached hydrogens (tertiary/aromatic N) is 2. The molecule has 1 amide bonds. The van der Waals surface area contributed by atoms with Gasteiger partial charge in [0.05, 0.1) is 12.1 Å². The molecule has 0 radical (unpaired) electrons. The number of carbonyl (C=O) groups excluding carboxylic acids is 1. The number of hydrogen-bond donors (Lipinski definition) is 1. The van der Waals surface area contributed by atoms with Crippen molar-refractivity contribution in [2.24, 2.45) is 0 Å². The molecule has 1 aromatic heterocycles. The highest BCUT2D eigenvalue weighted by Gasteiger charge is 2.24. The van der Waals surface area contributed by atoms with Crippen LogP contribution in [0.1, 0.15) is 54.4 Å². The fourth-order valence-electron chi connectivity index (χ4n) is 3.33. The number of aromatic amines is 1. The highest BCUT2D eigenvalue weighted by molar-refractivity contribution is 5.79. The Hall–Kier alpha value is -2.10. The van der Waals surface area contributed by atoms with Gasteiger partial charge in [-0.05, 0) is 42.4 Å². The van der Waals surface area contributed by atoms with Crippen molar-refractivity contribution < 1.29 is 4.79 Å². The molecule has 128 valence electrons. The number of aryl methyl sites for hydroxylation is 2. The molecule has 0 spiro atoms. The number of carbonyl (C=O) groups is 1. The summed E-state index contributed by atoms with van der Waals surface area (Å²) in [5.74, 6) is 0.189. The highest BCUT2D eigenvalue weighted by atomic mass is 16.2. The van der Waals surface area contributed by atoms with Crippen LogP contribution in [-0.2, 0) is 29.6 Å². The zero-order chi connectivity index (χ0) is 17.5. The molecule has 4 heteroatoms. The van der Waals surface area contributed by atoms with Gasteiger partial charge >= 0.3 is 0 Å². The van der Waals surface area contributed by atoms with Gasteiger partial charge in [0.15, 0.2) is 0 Å². The molecule has 0 aliphatic carbocycles. The Morgan fingerprint density at radius 1 is 1.25 bits per heavy atom. The average Bonchev–Trinajstić information content (AvgIpc) is 2.84. The lowest BCUT2D eigenvalue weighted by Gasteiger charge is -2.31. The van der Waals surface area contributed by atoms with Crippen molar-refractivity contribution in [3.05, 3.63) is 51.8 Å². The van der Waals surface area contributed by atoms with E-state index in [1.165, 1.54) is 16.7 Å². The largest absolute Gasteiger partial charge is 0.338 e. The van der Waals surface area contributed by atoms with Gasteiger partial charge in [-0.2, -0.15) is 5.10 Å². The van der Waals surface area contributed by atoms with Crippen molar-refractivity contribution in [2.45, 2.75) is 59.4 Å². The number of aromatic nitrogens is 2. The van der Waals surface area contributed by atoms with Gasteiger partial charge in [-0.15, -0.1) is 0 Å². The van der Waals surface area contributed by atoms with Gasteiger partial charge in [0.25, 0.3) is 0 Å². The number of benzene rings is 1. The second kappa shape index (κ2) is 6.08. The van der Waals surface area contributed by atoms with Gasteiger partial charge < -0.3 is 4.90 Å². The molecule has 3 rings (SSSR count). The molecule has 24 heavy (non-hydrogen) atoms. The number of amides is 1. The van der Waals surface area contributed by atoms with Gasteiger partial charge in [-0.1, -0.05) is 39.0 Å². The lowest BCUT2D eigenvalue weighted by molar-refractivity contribution is -0.131. The van der Waals surface area contributed by atoms with Gasteiger partial charge in [-0.25, -0.2) is 0 Å². The van der Waals surface area contributed by atoms with Crippen LogP contribution >= 0.6 is 0 Å². The molecule has 0 saturated heterocycles. The van der Waals surface area contributed by atoms with E-state index in [0.29, 0.717) is 13.0 Å². The maximum Gasteiger partial charge on any atom is 0.227 e. The first-order valence-electron chi connectivity index (χ1n) is 8.66. The SMILES string of the molecule is Cc1n[nH]c(C)c1CC(=O)N1CCc2ccc(C(C)(C)C)cc2C1. The van der Waals surface area contributed by atoms with E-state index in [4.69, 9.17) is 0 Å². The van der Waals surface area contributed by atoms with Crippen molar-refractivity contribution in [3.8, 4) is 0 Å². The first kappa shape index (κ1) is 16.7. The van der Waals surface area contributed by atoms with Gasteiger partial charge in [0.2, 0.25) is 5.91 Å². The van der Waals surface area contributed by atoms with E-state index >= 15 is 0 Å². The monoisotopic (exact) mass is 325 g/mol. The molecular formula is C20H27N3O. The molecule has 0 atom stereocenters. The van der Waals surface area contributed by atoms with Crippen LogP contribution in [0.2, 0.25) is 0 Å². The minimum absolute atomic E-state index is 0.131. The predicted molar refractivity (Wildman–Crippen MR) is 96.0 cm³/mol. The fraction of sp³-hybridized carbons (Fsp3) is 0.500. The van der Waals surface area contributed by atoms with Crippen LogP contribution in [0.25, 0.3) is 0 Å². The number of H-pyrrole nitrogens is 1. The van der Waals surface area contributed by atoms with Crippen molar-refractivity contribution in [1.29, 1.82) is 0 Å². The van der Waals surface area contributed by atoms with E-state index < -0.39 is 0 Å². The number of fused-ring (bicyclic) bond motifs is 1. The summed E-state index contributed by atoms with van der Waals surface area (Å²) < 4.78 is 0. The molecule has 4 nitrogen and oxygen atoms in total. The summed E-state index contributed by atoms with van der Waals surface area (Å²) >= 11 is 0. The Bertz CT molecular complexity index is 748. The summed E-state index contributed by atoms with van der Waals surface area (Å²) in [5.41, 5.74) is 7.09. The van der Waals surface area contributed by atoms with Crippen LogP contribution < -0.4 is 0 Å². The minimum Gasteiger partial charge on any atom is -0.338 e. The molecule has 0 unspecified atom stereocenters. The van der Waals surface area contributed by atoms with E-state index in [1.54, 1.807) is 0 Å². The Balaban J connectivity index is 1.78. The lowest BCUT2D eigenvalue weighted by Crippen LogP contribution is -2.37. The minimum atomic E-state index is 0.131. The Kier molecular flexibility index (Phi) is 4.24. The van der Waals surface area contributed by atoms with Crippen molar-refractivity contribution in [1.82, 2.24) is 15.1 Å². The Morgan fingerprint density at radius 2 is 2.00 bits per heavy atom. The van der Waals surface area contributed by atoms with Gasteiger partial charge in [-0.3, -0.25) is 9.89 Å². The third kappa shape index (κ3) is 3.23. The summed E-state index contributed by atoms with van der Waals surface area (Å²) in [7, 11) is 0. The van der Waals surface area contributed by atoms with Gasteiger partial charge in [0.1, 0.15) is 0 Å². The first-order chi connectivity index (χ1) is 11.3.